The summed E-state index contributed by atoms with van der Waals surface area (Å²) in [4.78, 5) is 11.9. The number of amides is 2. The highest BCUT2D eigenvalue weighted by atomic mass is 35.5. The molecule has 1 aromatic rings. The Balaban J connectivity index is 2.63. The van der Waals surface area contributed by atoms with Crippen LogP contribution in [0.1, 0.15) is 33.1 Å². The van der Waals surface area contributed by atoms with Gasteiger partial charge in [0.1, 0.15) is 5.82 Å². The highest BCUT2D eigenvalue weighted by molar-refractivity contribution is 6.30. The number of nitrogens with one attached hydrogen (secondary N) is 2. The molecule has 2 amide bonds. The molecule has 0 saturated heterocycles. The van der Waals surface area contributed by atoms with E-state index in [1.807, 2.05) is 13.8 Å². The van der Waals surface area contributed by atoms with Crippen molar-refractivity contribution in [2.75, 3.05) is 18.5 Å². The molecule has 1 rings (SSSR count). The van der Waals surface area contributed by atoms with Crippen molar-refractivity contribution in [2.24, 2.45) is 5.41 Å². The molecule has 0 aliphatic heterocycles. The number of rotatable bonds is 7. The predicted molar refractivity (Wildman–Crippen MR) is 83.1 cm³/mol. The maximum absolute atomic E-state index is 13.5. The Morgan fingerprint density at radius 2 is 2.05 bits per heavy atom. The van der Waals surface area contributed by atoms with Crippen molar-refractivity contribution >= 4 is 23.3 Å². The summed E-state index contributed by atoms with van der Waals surface area (Å²) in [5.74, 6) is -0.540. The van der Waals surface area contributed by atoms with E-state index in [0.717, 1.165) is 12.8 Å². The summed E-state index contributed by atoms with van der Waals surface area (Å²) >= 11 is 5.77. The van der Waals surface area contributed by atoms with Crippen LogP contribution in [0.15, 0.2) is 18.2 Å². The number of anilines is 1. The SMILES string of the molecule is CCC(CC)(CCO)CNC(=O)Nc1cc(Cl)ccc1F. The summed E-state index contributed by atoms with van der Waals surface area (Å²) in [6.07, 6.45) is 2.30. The van der Waals surface area contributed by atoms with Gasteiger partial charge in [0.15, 0.2) is 0 Å². The molecule has 0 aliphatic carbocycles. The van der Waals surface area contributed by atoms with Gasteiger partial charge in [-0.2, -0.15) is 0 Å². The number of benzene rings is 1. The summed E-state index contributed by atoms with van der Waals surface area (Å²) in [6, 6.07) is 3.49. The number of hydrogen-bond donors (Lipinski definition) is 3. The first-order chi connectivity index (χ1) is 9.96. The first-order valence-corrected chi connectivity index (χ1v) is 7.45. The van der Waals surface area contributed by atoms with Crippen LogP contribution in [0.25, 0.3) is 0 Å². The zero-order valence-electron chi connectivity index (χ0n) is 12.4. The summed E-state index contributed by atoms with van der Waals surface area (Å²) in [7, 11) is 0. The smallest absolute Gasteiger partial charge is 0.319 e. The van der Waals surface area contributed by atoms with E-state index in [0.29, 0.717) is 18.0 Å². The molecule has 118 valence electrons. The highest BCUT2D eigenvalue weighted by Crippen LogP contribution is 2.29. The Kier molecular flexibility index (Phi) is 6.92. The Labute approximate surface area is 129 Å². The topological polar surface area (TPSA) is 61.4 Å². The lowest BCUT2D eigenvalue weighted by Gasteiger charge is -2.31. The van der Waals surface area contributed by atoms with E-state index in [1.165, 1.54) is 18.2 Å². The minimum atomic E-state index is -0.540. The largest absolute Gasteiger partial charge is 0.396 e. The van der Waals surface area contributed by atoms with Crippen molar-refractivity contribution in [3.8, 4) is 0 Å². The molecule has 0 heterocycles. The van der Waals surface area contributed by atoms with Crippen molar-refractivity contribution < 1.29 is 14.3 Å². The zero-order valence-corrected chi connectivity index (χ0v) is 13.1. The Morgan fingerprint density at radius 1 is 1.38 bits per heavy atom. The number of carbonyl (C=O) groups excluding carboxylic acids is 1. The number of hydrogen-bond acceptors (Lipinski definition) is 2. The average Bonchev–Trinajstić information content (AvgIpc) is 2.47. The van der Waals surface area contributed by atoms with Gasteiger partial charge in [-0.25, -0.2) is 9.18 Å². The van der Waals surface area contributed by atoms with Gasteiger partial charge in [0.05, 0.1) is 5.69 Å². The predicted octanol–water partition coefficient (Wildman–Crippen LogP) is 3.79. The molecule has 0 unspecified atom stereocenters. The van der Waals surface area contributed by atoms with E-state index < -0.39 is 11.8 Å². The second kappa shape index (κ2) is 8.20. The van der Waals surface area contributed by atoms with Gasteiger partial charge < -0.3 is 15.7 Å². The van der Waals surface area contributed by atoms with E-state index in [4.69, 9.17) is 16.7 Å². The first-order valence-electron chi connectivity index (χ1n) is 7.07. The van der Waals surface area contributed by atoms with Crippen molar-refractivity contribution in [3.05, 3.63) is 29.0 Å². The maximum atomic E-state index is 13.5. The van der Waals surface area contributed by atoms with Gasteiger partial charge in [0, 0.05) is 18.2 Å². The molecule has 0 saturated carbocycles. The third-order valence-corrected chi connectivity index (χ3v) is 4.18. The van der Waals surface area contributed by atoms with E-state index >= 15 is 0 Å². The van der Waals surface area contributed by atoms with Gasteiger partial charge in [0.2, 0.25) is 0 Å². The lowest BCUT2D eigenvalue weighted by atomic mass is 9.79. The molecule has 0 radical (unpaired) electrons. The maximum Gasteiger partial charge on any atom is 0.319 e. The van der Waals surface area contributed by atoms with E-state index in [1.54, 1.807) is 0 Å². The normalized spacial score (nSPS) is 11.3. The highest BCUT2D eigenvalue weighted by Gasteiger charge is 2.26. The quantitative estimate of drug-likeness (QED) is 0.716. The van der Waals surface area contributed by atoms with Gasteiger partial charge in [-0.05, 0) is 42.9 Å². The monoisotopic (exact) mass is 316 g/mol. The molecular formula is C15H22ClFN2O2. The first kappa shape index (κ1) is 17.7. The van der Waals surface area contributed by atoms with Gasteiger partial charge in [-0.1, -0.05) is 25.4 Å². The Morgan fingerprint density at radius 3 is 2.62 bits per heavy atom. The third kappa shape index (κ3) is 5.17. The number of halogens is 2. The molecule has 0 atom stereocenters. The lowest BCUT2D eigenvalue weighted by molar-refractivity contribution is 0.165. The van der Waals surface area contributed by atoms with Crippen molar-refractivity contribution in [1.29, 1.82) is 0 Å². The van der Waals surface area contributed by atoms with Crippen LogP contribution in [0.2, 0.25) is 5.02 Å². The van der Waals surface area contributed by atoms with Crippen LogP contribution in [-0.4, -0.2) is 24.3 Å². The summed E-state index contributed by atoms with van der Waals surface area (Å²) in [5.41, 5.74) is -0.0975. The summed E-state index contributed by atoms with van der Waals surface area (Å²) in [5, 5.41) is 14.7. The van der Waals surface area contributed by atoms with Crippen molar-refractivity contribution in [3.63, 3.8) is 0 Å². The summed E-state index contributed by atoms with van der Waals surface area (Å²) in [6.45, 7) is 4.55. The van der Waals surface area contributed by atoms with Crippen molar-refractivity contribution in [2.45, 2.75) is 33.1 Å². The molecule has 6 heteroatoms. The van der Waals surface area contributed by atoms with Crippen LogP contribution in [0.3, 0.4) is 0 Å². The van der Waals surface area contributed by atoms with Crippen LogP contribution in [0.4, 0.5) is 14.9 Å². The average molecular weight is 317 g/mol. The third-order valence-electron chi connectivity index (χ3n) is 3.94. The molecule has 4 nitrogen and oxygen atoms in total. The minimum Gasteiger partial charge on any atom is -0.396 e. The number of urea groups is 1. The minimum absolute atomic E-state index is 0.0424. The van der Waals surface area contributed by atoms with Crippen LogP contribution in [-0.2, 0) is 0 Å². The van der Waals surface area contributed by atoms with Gasteiger partial charge in [-0.15, -0.1) is 0 Å². The lowest BCUT2D eigenvalue weighted by Crippen LogP contribution is -2.39. The Bertz CT molecular complexity index is 479. The zero-order chi connectivity index (χ0) is 15.9. The number of carbonyl (C=O) groups is 1. The molecule has 0 fully saturated rings. The van der Waals surface area contributed by atoms with Gasteiger partial charge in [-0.3, -0.25) is 0 Å². The van der Waals surface area contributed by atoms with Crippen molar-refractivity contribution in [1.82, 2.24) is 5.32 Å². The molecule has 21 heavy (non-hydrogen) atoms. The van der Waals surface area contributed by atoms with Gasteiger partial charge >= 0.3 is 6.03 Å². The second-order valence-electron chi connectivity index (χ2n) is 5.11. The molecule has 3 N–H and O–H groups in total. The van der Waals surface area contributed by atoms with Gasteiger partial charge in [0.25, 0.3) is 0 Å². The molecule has 0 bridgehead atoms. The molecule has 0 spiro atoms. The fourth-order valence-corrected chi connectivity index (χ4v) is 2.38. The number of aliphatic hydroxyl groups excluding tert-OH is 1. The van der Waals surface area contributed by atoms with E-state index in [2.05, 4.69) is 10.6 Å². The fourth-order valence-electron chi connectivity index (χ4n) is 2.21. The van der Waals surface area contributed by atoms with Crippen LogP contribution < -0.4 is 10.6 Å². The van der Waals surface area contributed by atoms with E-state index in [-0.39, 0.29) is 17.7 Å². The molecule has 1 aromatic carbocycles. The molecular weight excluding hydrogens is 295 g/mol. The van der Waals surface area contributed by atoms with Crippen LogP contribution in [0, 0.1) is 11.2 Å². The van der Waals surface area contributed by atoms with Crippen LogP contribution >= 0.6 is 11.6 Å². The summed E-state index contributed by atoms with van der Waals surface area (Å²) < 4.78 is 13.5. The van der Waals surface area contributed by atoms with E-state index in [9.17, 15) is 9.18 Å². The standard InChI is InChI=1S/C15H22ClFN2O2/c1-3-15(4-2,7-8-20)10-18-14(21)19-13-9-11(16)5-6-12(13)17/h5-6,9,20H,3-4,7-8,10H2,1-2H3,(H2,18,19,21). The second-order valence-corrected chi connectivity index (χ2v) is 5.55. The Hall–Kier alpha value is -1.33. The molecule has 0 aromatic heterocycles. The fraction of sp³-hybridized carbons (Fsp3) is 0.533. The number of aliphatic hydroxyl groups is 1. The van der Waals surface area contributed by atoms with Crippen LogP contribution in [0.5, 0.6) is 0 Å². The molecule has 0 aliphatic rings.